The molecule has 2 aromatic rings. The number of methoxy groups -OCH3 is 1. The normalized spacial score (nSPS) is 12.3. The van der Waals surface area contributed by atoms with Crippen LogP contribution in [0.25, 0.3) is 0 Å². The number of ether oxygens (including phenoxy) is 2. The maximum atomic E-state index is 12.5. The lowest BCUT2D eigenvalue weighted by Gasteiger charge is -2.17. The lowest BCUT2D eigenvalue weighted by Crippen LogP contribution is -2.13. The van der Waals surface area contributed by atoms with Crippen LogP contribution in [0.4, 0.5) is 14.6 Å². The van der Waals surface area contributed by atoms with Crippen LogP contribution in [-0.2, 0) is 22.4 Å². The summed E-state index contributed by atoms with van der Waals surface area (Å²) >= 11 is 12.1. The van der Waals surface area contributed by atoms with Gasteiger partial charge in [-0.1, -0.05) is 23.2 Å². The summed E-state index contributed by atoms with van der Waals surface area (Å²) in [5.74, 6) is -0.423. The average Bonchev–Trinajstić information content (AvgIpc) is 2.60. The first-order valence-electron chi connectivity index (χ1n) is 7.79. The molecule has 0 saturated heterocycles. The van der Waals surface area contributed by atoms with Crippen LogP contribution in [0.2, 0.25) is 10.0 Å². The minimum absolute atomic E-state index is 0.00945. The zero-order valence-electron chi connectivity index (χ0n) is 14.5. The summed E-state index contributed by atoms with van der Waals surface area (Å²) < 4.78 is 33.9. The van der Waals surface area contributed by atoms with E-state index in [1.165, 1.54) is 25.6 Å². The Morgan fingerprint density at radius 2 is 1.96 bits per heavy atom. The van der Waals surface area contributed by atoms with Gasteiger partial charge in [0.1, 0.15) is 16.6 Å². The fraction of sp³-hybridized carbons (Fsp3) is 0.353. The van der Waals surface area contributed by atoms with Crippen molar-refractivity contribution in [1.82, 2.24) is 9.97 Å². The van der Waals surface area contributed by atoms with Gasteiger partial charge in [0.05, 0.1) is 11.1 Å². The highest BCUT2D eigenvalue weighted by atomic mass is 35.5. The van der Waals surface area contributed by atoms with Crippen LogP contribution in [0.1, 0.15) is 29.7 Å². The van der Waals surface area contributed by atoms with Crippen LogP contribution >= 0.6 is 23.2 Å². The fourth-order valence-corrected chi connectivity index (χ4v) is 3.04. The first kappa shape index (κ1) is 21.3. The first-order valence-corrected chi connectivity index (χ1v) is 8.55. The summed E-state index contributed by atoms with van der Waals surface area (Å²) in [6.45, 7) is -1.26. The maximum absolute atomic E-state index is 12.5. The van der Waals surface area contributed by atoms with Crippen molar-refractivity contribution in [3.8, 4) is 5.88 Å². The van der Waals surface area contributed by atoms with Crippen molar-refractivity contribution >= 4 is 34.8 Å². The molecule has 27 heavy (non-hydrogen) atoms. The van der Waals surface area contributed by atoms with Crippen molar-refractivity contribution < 1.29 is 23.0 Å². The largest absolute Gasteiger partial charge is 0.415 e. The number of nitrogen functional groups attached to an aromatic ring is 1. The molecule has 2 heterocycles. The molecule has 1 atom stereocenters. The number of ketones is 1. The third-order valence-corrected chi connectivity index (χ3v) is 4.45. The van der Waals surface area contributed by atoms with Crippen molar-refractivity contribution in [2.75, 3.05) is 12.8 Å². The molecule has 2 aromatic heterocycles. The van der Waals surface area contributed by atoms with Crippen molar-refractivity contribution in [3.63, 3.8) is 0 Å². The quantitative estimate of drug-likeness (QED) is 0.694. The van der Waals surface area contributed by atoms with Gasteiger partial charge in [-0.2, -0.15) is 8.78 Å². The van der Waals surface area contributed by atoms with Crippen LogP contribution in [0.3, 0.4) is 0 Å². The molecule has 2 N–H and O–H groups in total. The average molecular weight is 420 g/mol. The third kappa shape index (κ3) is 5.47. The number of pyridine rings is 2. The van der Waals surface area contributed by atoms with E-state index >= 15 is 0 Å². The van der Waals surface area contributed by atoms with E-state index in [-0.39, 0.29) is 40.6 Å². The molecule has 0 bridgehead atoms. The Morgan fingerprint density at radius 1 is 1.26 bits per heavy atom. The van der Waals surface area contributed by atoms with Gasteiger partial charge < -0.3 is 15.2 Å². The molecule has 0 amide bonds. The van der Waals surface area contributed by atoms with Crippen LogP contribution < -0.4 is 10.5 Å². The standard InChI is InChI=1S/C17H17Cl2F2N3O3/c1-8(26-2)13-10(7-23-15(22)14(13)19)5-11(25)3-9-4-12(18)16(24-6-9)27-17(20)21/h4,6-8,17H,3,5H2,1-2H3,(H2,22,23)/t8-/m0/s1. The van der Waals surface area contributed by atoms with Crippen molar-refractivity contribution in [2.45, 2.75) is 32.5 Å². The number of nitrogens with two attached hydrogens (primary N) is 1. The molecular formula is C17H17Cl2F2N3O3. The Balaban J connectivity index is 2.17. The van der Waals surface area contributed by atoms with Gasteiger partial charge in [-0.15, -0.1) is 0 Å². The minimum atomic E-state index is -3.04. The van der Waals surface area contributed by atoms with Gasteiger partial charge in [-0.3, -0.25) is 4.79 Å². The molecular weight excluding hydrogens is 403 g/mol. The van der Waals surface area contributed by atoms with Crippen molar-refractivity contribution in [2.24, 2.45) is 0 Å². The van der Waals surface area contributed by atoms with Gasteiger partial charge >= 0.3 is 6.61 Å². The summed E-state index contributed by atoms with van der Waals surface area (Å²) in [4.78, 5) is 20.1. The van der Waals surface area contributed by atoms with E-state index in [0.29, 0.717) is 16.7 Å². The van der Waals surface area contributed by atoms with E-state index < -0.39 is 12.5 Å². The third-order valence-electron chi connectivity index (χ3n) is 3.78. The minimum Gasteiger partial charge on any atom is -0.415 e. The fourth-order valence-electron chi connectivity index (χ4n) is 2.49. The molecule has 0 aliphatic heterocycles. The van der Waals surface area contributed by atoms with E-state index in [4.69, 9.17) is 33.7 Å². The van der Waals surface area contributed by atoms with Gasteiger partial charge in [0.2, 0.25) is 5.88 Å². The monoisotopic (exact) mass is 419 g/mol. The molecule has 0 aliphatic carbocycles. The highest BCUT2D eigenvalue weighted by Crippen LogP contribution is 2.32. The molecule has 0 spiro atoms. The molecule has 6 nitrogen and oxygen atoms in total. The molecule has 0 aromatic carbocycles. The van der Waals surface area contributed by atoms with Crippen LogP contribution in [0, 0.1) is 0 Å². The second-order valence-electron chi connectivity index (χ2n) is 5.68. The first-order chi connectivity index (χ1) is 12.7. The highest BCUT2D eigenvalue weighted by Gasteiger charge is 2.20. The second-order valence-corrected chi connectivity index (χ2v) is 6.46. The highest BCUT2D eigenvalue weighted by molar-refractivity contribution is 6.33. The number of carbonyl (C=O) groups excluding carboxylic acids is 1. The van der Waals surface area contributed by atoms with Crippen LogP contribution in [0.5, 0.6) is 5.88 Å². The Labute approximate surface area is 164 Å². The summed E-state index contributed by atoms with van der Waals surface area (Å²) in [7, 11) is 1.51. The molecule has 10 heteroatoms. The number of carbonyl (C=O) groups is 1. The van der Waals surface area contributed by atoms with Gasteiger partial charge in [0, 0.05) is 37.9 Å². The van der Waals surface area contributed by atoms with Gasteiger partial charge in [-0.25, -0.2) is 9.97 Å². The summed E-state index contributed by atoms with van der Waals surface area (Å²) in [5, 5.41) is 0.138. The smallest absolute Gasteiger partial charge is 0.388 e. The number of nitrogens with zero attached hydrogens (tertiary/aromatic N) is 2. The number of hydrogen-bond donors (Lipinski definition) is 1. The SMILES string of the molecule is CO[C@@H](C)c1c(CC(=O)Cc2cnc(OC(F)F)c(Cl)c2)cnc(N)c1Cl. The number of alkyl halides is 2. The van der Waals surface area contributed by atoms with Gasteiger partial charge in [0.15, 0.2) is 0 Å². The summed E-state index contributed by atoms with van der Waals surface area (Å²) in [6, 6.07) is 1.36. The molecule has 2 rings (SSSR count). The maximum Gasteiger partial charge on any atom is 0.388 e. The molecule has 146 valence electrons. The van der Waals surface area contributed by atoms with E-state index in [0.717, 1.165) is 0 Å². The molecule has 0 saturated carbocycles. The molecule has 0 fully saturated rings. The number of Topliss-reactive ketones (excluding diaryl/α,β-unsaturated/α-hetero) is 1. The number of halogens is 4. The second kappa shape index (κ2) is 9.25. The number of aromatic nitrogens is 2. The van der Waals surface area contributed by atoms with Crippen molar-refractivity contribution in [3.05, 3.63) is 45.2 Å². The molecule has 0 radical (unpaired) electrons. The van der Waals surface area contributed by atoms with Crippen molar-refractivity contribution in [1.29, 1.82) is 0 Å². The lowest BCUT2D eigenvalue weighted by molar-refractivity contribution is -0.117. The van der Waals surface area contributed by atoms with E-state index in [1.54, 1.807) is 6.92 Å². The number of rotatable bonds is 8. The van der Waals surface area contributed by atoms with Crippen LogP contribution in [0.15, 0.2) is 18.5 Å². The Kier molecular flexibility index (Phi) is 7.29. The van der Waals surface area contributed by atoms with Crippen LogP contribution in [-0.4, -0.2) is 29.5 Å². The van der Waals surface area contributed by atoms with Gasteiger partial charge in [0.25, 0.3) is 0 Å². The Hall–Kier alpha value is -2.03. The Morgan fingerprint density at radius 3 is 2.56 bits per heavy atom. The number of hydrogen-bond acceptors (Lipinski definition) is 6. The lowest BCUT2D eigenvalue weighted by atomic mass is 9.98. The summed E-state index contributed by atoms with van der Waals surface area (Å²) in [5.41, 5.74) is 7.37. The van der Waals surface area contributed by atoms with E-state index in [1.807, 2.05) is 0 Å². The molecule has 0 unspecified atom stereocenters. The zero-order valence-corrected chi connectivity index (χ0v) is 16.0. The topological polar surface area (TPSA) is 87.3 Å². The summed E-state index contributed by atoms with van der Waals surface area (Å²) in [6.07, 6.45) is 2.38. The van der Waals surface area contributed by atoms with E-state index in [2.05, 4.69) is 14.7 Å². The van der Waals surface area contributed by atoms with E-state index in [9.17, 15) is 13.6 Å². The predicted molar refractivity (Wildman–Crippen MR) is 97.4 cm³/mol. The molecule has 0 aliphatic rings. The predicted octanol–water partition coefficient (Wildman–Crippen LogP) is 4.03. The zero-order chi connectivity index (χ0) is 20.1. The van der Waals surface area contributed by atoms with Gasteiger partial charge in [-0.05, 0) is 24.1 Å². The number of anilines is 1. The Bertz CT molecular complexity index is 837.